The van der Waals surface area contributed by atoms with Gasteiger partial charge in [-0.15, -0.1) is 0 Å². The maximum absolute atomic E-state index is 13.2. The third kappa shape index (κ3) is 4.60. The van der Waals surface area contributed by atoms with Crippen molar-refractivity contribution >= 4 is 34.8 Å². The summed E-state index contributed by atoms with van der Waals surface area (Å²) in [6, 6.07) is 19.4. The largest absolute Gasteiger partial charge is 0.380 e. The lowest BCUT2D eigenvalue weighted by Crippen LogP contribution is -2.41. The van der Waals surface area contributed by atoms with Crippen molar-refractivity contribution in [1.29, 1.82) is 0 Å². The zero-order valence-corrected chi connectivity index (χ0v) is 17.3. The molecule has 0 bridgehead atoms. The summed E-state index contributed by atoms with van der Waals surface area (Å²) >= 11 is 5.95. The Morgan fingerprint density at radius 2 is 1.61 bits per heavy atom. The number of halogens is 2. The van der Waals surface area contributed by atoms with E-state index < -0.39 is 5.41 Å². The molecule has 4 rings (SSSR count). The average molecular weight is 439 g/mol. The molecule has 3 aromatic rings. The monoisotopic (exact) mass is 438 g/mol. The molecular formula is C24H20ClFN2O3. The van der Waals surface area contributed by atoms with E-state index in [1.807, 2.05) is 12.1 Å². The Balaban J connectivity index is 1.51. The molecule has 7 heteroatoms. The van der Waals surface area contributed by atoms with Crippen LogP contribution in [0.3, 0.4) is 0 Å². The van der Waals surface area contributed by atoms with Crippen molar-refractivity contribution in [2.75, 3.05) is 23.8 Å². The minimum atomic E-state index is -0.857. The first-order valence-corrected chi connectivity index (χ1v) is 10.2. The summed E-state index contributed by atoms with van der Waals surface area (Å²) < 4.78 is 18.7. The minimum absolute atomic E-state index is 0.215. The number of carbonyl (C=O) groups excluding carboxylic acids is 2. The lowest BCUT2D eigenvalue weighted by Gasteiger charge is -2.27. The molecular weight excluding hydrogens is 419 g/mol. The van der Waals surface area contributed by atoms with E-state index in [0.717, 1.165) is 5.56 Å². The molecule has 1 heterocycles. The van der Waals surface area contributed by atoms with Gasteiger partial charge in [-0.1, -0.05) is 29.8 Å². The number of ether oxygens (including phenoxy) is 1. The van der Waals surface area contributed by atoms with E-state index >= 15 is 0 Å². The van der Waals surface area contributed by atoms with Crippen LogP contribution in [0.1, 0.15) is 22.3 Å². The Morgan fingerprint density at radius 1 is 0.935 bits per heavy atom. The van der Waals surface area contributed by atoms with Gasteiger partial charge in [0.1, 0.15) is 5.82 Å². The van der Waals surface area contributed by atoms with Gasteiger partial charge in [-0.2, -0.15) is 0 Å². The van der Waals surface area contributed by atoms with Crippen LogP contribution in [0.25, 0.3) is 0 Å². The Labute approximate surface area is 184 Å². The van der Waals surface area contributed by atoms with Gasteiger partial charge < -0.3 is 15.4 Å². The third-order valence-electron chi connectivity index (χ3n) is 5.34. The smallest absolute Gasteiger partial charge is 0.255 e. The molecule has 0 aliphatic carbocycles. The maximum atomic E-state index is 13.2. The van der Waals surface area contributed by atoms with Gasteiger partial charge in [-0.05, 0) is 66.6 Å². The predicted molar refractivity (Wildman–Crippen MR) is 118 cm³/mol. The lowest BCUT2D eigenvalue weighted by molar-refractivity contribution is -0.121. The molecule has 1 aliphatic heterocycles. The second kappa shape index (κ2) is 8.88. The average Bonchev–Trinajstić information content (AvgIpc) is 3.27. The molecule has 2 N–H and O–H groups in total. The summed E-state index contributed by atoms with van der Waals surface area (Å²) in [4.78, 5) is 25.6. The van der Waals surface area contributed by atoms with Crippen LogP contribution in [0.15, 0.2) is 72.8 Å². The molecule has 0 radical (unpaired) electrons. The quantitative estimate of drug-likeness (QED) is 0.587. The topological polar surface area (TPSA) is 67.4 Å². The number of carbonyl (C=O) groups is 2. The van der Waals surface area contributed by atoms with Gasteiger partial charge in [-0.3, -0.25) is 9.59 Å². The zero-order chi connectivity index (χ0) is 21.8. The van der Waals surface area contributed by atoms with E-state index in [0.29, 0.717) is 35.0 Å². The van der Waals surface area contributed by atoms with Gasteiger partial charge >= 0.3 is 0 Å². The fourth-order valence-corrected chi connectivity index (χ4v) is 3.78. The van der Waals surface area contributed by atoms with Crippen molar-refractivity contribution in [2.45, 2.75) is 11.8 Å². The zero-order valence-electron chi connectivity index (χ0n) is 16.5. The van der Waals surface area contributed by atoms with Gasteiger partial charge in [-0.25, -0.2) is 4.39 Å². The molecule has 0 spiro atoms. The van der Waals surface area contributed by atoms with E-state index in [1.54, 1.807) is 36.4 Å². The summed E-state index contributed by atoms with van der Waals surface area (Å²) in [7, 11) is 0. The van der Waals surface area contributed by atoms with E-state index in [-0.39, 0.29) is 24.2 Å². The van der Waals surface area contributed by atoms with Crippen LogP contribution >= 0.6 is 11.6 Å². The highest BCUT2D eigenvalue weighted by molar-refractivity contribution is 6.31. The van der Waals surface area contributed by atoms with Gasteiger partial charge in [0, 0.05) is 28.6 Å². The summed E-state index contributed by atoms with van der Waals surface area (Å²) in [5, 5.41) is 6.17. The second-order valence-corrected chi connectivity index (χ2v) is 7.82. The minimum Gasteiger partial charge on any atom is -0.380 e. The van der Waals surface area contributed by atoms with Crippen LogP contribution in [-0.4, -0.2) is 25.0 Å². The molecule has 1 atom stereocenters. The van der Waals surface area contributed by atoms with E-state index in [4.69, 9.17) is 16.3 Å². The first-order chi connectivity index (χ1) is 15.0. The highest BCUT2D eigenvalue weighted by atomic mass is 35.5. The van der Waals surface area contributed by atoms with Crippen molar-refractivity contribution in [3.8, 4) is 0 Å². The van der Waals surface area contributed by atoms with Crippen molar-refractivity contribution in [1.82, 2.24) is 0 Å². The van der Waals surface area contributed by atoms with Gasteiger partial charge in [0.25, 0.3) is 5.91 Å². The summed E-state index contributed by atoms with van der Waals surface area (Å²) in [6.07, 6.45) is 0.522. The van der Waals surface area contributed by atoms with Crippen LogP contribution in [0.5, 0.6) is 0 Å². The fourth-order valence-electron chi connectivity index (χ4n) is 3.59. The number of benzene rings is 3. The summed E-state index contributed by atoms with van der Waals surface area (Å²) in [5.41, 5.74) is 1.50. The molecule has 5 nitrogen and oxygen atoms in total. The maximum Gasteiger partial charge on any atom is 0.255 e. The molecule has 1 saturated heterocycles. The molecule has 158 valence electrons. The highest BCUT2D eigenvalue weighted by Gasteiger charge is 2.44. The molecule has 0 unspecified atom stereocenters. The van der Waals surface area contributed by atoms with Crippen LogP contribution in [0.4, 0.5) is 15.8 Å². The van der Waals surface area contributed by atoms with E-state index in [9.17, 15) is 14.0 Å². The van der Waals surface area contributed by atoms with Crippen molar-refractivity contribution in [2.24, 2.45) is 0 Å². The van der Waals surface area contributed by atoms with Gasteiger partial charge in [0.2, 0.25) is 5.91 Å². The number of rotatable bonds is 5. The molecule has 2 amide bonds. The third-order valence-corrected chi connectivity index (χ3v) is 5.58. The van der Waals surface area contributed by atoms with E-state index in [1.165, 1.54) is 24.3 Å². The Hall–Kier alpha value is -3.22. The van der Waals surface area contributed by atoms with Crippen molar-refractivity contribution in [3.63, 3.8) is 0 Å². The molecule has 1 fully saturated rings. The summed E-state index contributed by atoms with van der Waals surface area (Å²) in [6.45, 7) is 0.707. The first kappa shape index (κ1) is 21.0. The molecule has 31 heavy (non-hydrogen) atoms. The number of hydrogen-bond donors (Lipinski definition) is 2. The molecule has 0 aromatic heterocycles. The number of anilines is 2. The normalized spacial score (nSPS) is 17.9. The van der Waals surface area contributed by atoms with Crippen molar-refractivity contribution in [3.05, 3.63) is 94.8 Å². The van der Waals surface area contributed by atoms with Crippen molar-refractivity contribution < 1.29 is 18.7 Å². The lowest BCUT2D eigenvalue weighted by atomic mass is 9.78. The highest BCUT2D eigenvalue weighted by Crippen LogP contribution is 2.35. The van der Waals surface area contributed by atoms with Crippen LogP contribution in [0.2, 0.25) is 5.02 Å². The summed E-state index contributed by atoms with van der Waals surface area (Å²) in [5.74, 6) is -0.858. The molecule has 3 aromatic carbocycles. The van der Waals surface area contributed by atoms with Crippen LogP contribution in [0, 0.1) is 5.82 Å². The van der Waals surface area contributed by atoms with Crippen LogP contribution in [-0.2, 0) is 14.9 Å². The number of amides is 2. The van der Waals surface area contributed by atoms with E-state index in [2.05, 4.69) is 10.6 Å². The second-order valence-electron chi connectivity index (χ2n) is 7.39. The molecule has 1 aliphatic rings. The van der Waals surface area contributed by atoms with Crippen LogP contribution < -0.4 is 10.6 Å². The number of nitrogens with one attached hydrogen (secondary N) is 2. The Kier molecular flexibility index (Phi) is 6.02. The van der Waals surface area contributed by atoms with Gasteiger partial charge in [0.15, 0.2) is 0 Å². The Bertz CT molecular complexity index is 1090. The molecule has 0 saturated carbocycles. The number of hydrogen-bond acceptors (Lipinski definition) is 3. The SMILES string of the molecule is O=C(Nc1ccc([C@]2(C(=O)Nc3ccc(F)cc3)CCOC2)cc1)c1cccc(Cl)c1. The first-order valence-electron chi connectivity index (χ1n) is 9.78. The Morgan fingerprint density at radius 3 is 2.26 bits per heavy atom. The van der Waals surface area contributed by atoms with Gasteiger partial charge in [0.05, 0.1) is 12.0 Å². The standard InChI is InChI=1S/C24H20ClFN2O3/c25-18-3-1-2-16(14-18)22(29)27-20-8-4-17(5-9-20)24(12-13-31-15-24)23(30)28-21-10-6-19(26)7-11-21/h1-11,14H,12-13,15H2,(H,27,29)(H,28,30)/t24-/m0/s1. The predicted octanol–water partition coefficient (Wildman–Crippen LogP) is 5.03. The fraction of sp³-hybridized carbons (Fsp3) is 0.167.